The van der Waals surface area contributed by atoms with Crippen LogP contribution in [0.25, 0.3) is 22.3 Å². The Morgan fingerprint density at radius 3 is 2.38 bits per heavy atom. The Bertz CT molecular complexity index is 1380. The van der Waals surface area contributed by atoms with Crippen molar-refractivity contribution in [3.63, 3.8) is 0 Å². The molecule has 0 unspecified atom stereocenters. The highest BCUT2D eigenvalue weighted by Crippen LogP contribution is 2.41. The van der Waals surface area contributed by atoms with E-state index >= 15 is 0 Å². The Kier molecular flexibility index (Phi) is 6.77. The largest absolute Gasteiger partial charge is 0.482 e. The molecule has 0 fully saturated rings. The molecule has 0 saturated carbocycles. The minimum Gasteiger partial charge on any atom is -0.482 e. The maximum absolute atomic E-state index is 13.4. The average molecular weight is 493 g/mol. The van der Waals surface area contributed by atoms with Gasteiger partial charge in [-0.05, 0) is 30.3 Å². The maximum Gasteiger partial charge on any atom is 0.412 e. The van der Waals surface area contributed by atoms with E-state index < -0.39 is 40.4 Å². The number of esters is 1. The number of furan rings is 1. The number of carbonyl (C=O) groups excluding carboxylic acids is 3. The molecule has 0 spiro atoms. The first-order valence-electron chi connectivity index (χ1n) is 9.57. The van der Waals surface area contributed by atoms with Gasteiger partial charge in [0, 0.05) is 31.1 Å². The van der Waals surface area contributed by atoms with E-state index in [2.05, 4.69) is 10.1 Å². The molecular weight excluding hydrogens is 473 g/mol. The van der Waals surface area contributed by atoms with E-state index in [1.807, 2.05) is 0 Å². The highest BCUT2D eigenvalue weighted by Gasteiger charge is 2.28. The second-order valence-corrected chi connectivity index (χ2v) is 9.04. The number of carbonyl (C=O) groups is 3. The molecule has 180 valence electrons. The van der Waals surface area contributed by atoms with Gasteiger partial charge in [-0.15, -0.1) is 0 Å². The van der Waals surface area contributed by atoms with Crippen LogP contribution < -0.4 is 20.1 Å². The molecular formula is C21H20FN3O8S. The summed E-state index contributed by atoms with van der Waals surface area (Å²) in [6.07, 6.45) is -0.407. The van der Waals surface area contributed by atoms with E-state index in [4.69, 9.17) is 14.9 Å². The number of benzene rings is 2. The van der Waals surface area contributed by atoms with Crippen molar-refractivity contribution in [3.8, 4) is 17.1 Å². The average Bonchev–Trinajstić information content (AvgIpc) is 3.14. The van der Waals surface area contributed by atoms with Gasteiger partial charge in [0.1, 0.15) is 28.5 Å². The molecule has 1 heterocycles. The molecule has 3 N–H and O–H groups in total. The summed E-state index contributed by atoms with van der Waals surface area (Å²) in [6, 6.07) is 7.48. The summed E-state index contributed by atoms with van der Waals surface area (Å²) in [5.41, 5.74) is 5.04. The Hall–Kier alpha value is -4.13. The number of likely N-dealkylation sites (N-methyl/N-ethyl adjacent to an activating group) is 1. The predicted molar refractivity (Wildman–Crippen MR) is 119 cm³/mol. The van der Waals surface area contributed by atoms with E-state index in [0.717, 1.165) is 22.7 Å². The number of sulfonamides is 1. The van der Waals surface area contributed by atoms with Crippen molar-refractivity contribution in [1.29, 1.82) is 0 Å². The van der Waals surface area contributed by atoms with Crippen molar-refractivity contribution in [2.45, 2.75) is 0 Å². The van der Waals surface area contributed by atoms with Crippen LogP contribution in [-0.4, -0.2) is 53.3 Å². The second-order valence-electron chi connectivity index (χ2n) is 7.03. The lowest BCUT2D eigenvalue weighted by Crippen LogP contribution is -2.27. The smallest absolute Gasteiger partial charge is 0.412 e. The van der Waals surface area contributed by atoms with E-state index in [0.29, 0.717) is 0 Å². The summed E-state index contributed by atoms with van der Waals surface area (Å²) < 4.78 is 54.5. The zero-order valence-corrected chi connectivity index (χ0v) is 19.1. The topological polar surface area (TPSA) is 158 Å². The Labute approximate surface area is 193 Å². The number of hydrogen-bond donors (Lipinski definition) is 2. The van der Waals surface area contributed by atoms with E-state index in [-0.39, 0.29) is 39.3 Å². The number of ether oxygens (including phenoxy) is 2. The molecule has 11 nitrogen and oxygen atoms in total. The van der Waals surface area contributed by atoms with Crippen LogP contribution in [0.1, 0.15) is 10.4 Å². The van der Waals surface area contributed by atoms with Crippen molar-refractivity contribution < 1.29 is 41.1 Å². The molecule has 3 aromatic rings. The number of anilines is 1. The minimum absolute atomic E-state index is 0.00753. The molecule has 0 aliphatic heterocycles. The van der Waals surface area contributed by atoms with E-state index in [9.17, 15) is 27.2 Å². The standard InChI is InChI=1S/C21H20FN3O8S/c1-24-17(26)10-31-16-8-13-15(9-14(16)25(2)34(3,29)30)32-19(11-4-6-12(22)7-5-11)18(13)20(27)33-21(23)28/h4-9H,10H2,1-3H3,(H2,23,28)(H,24,26). The van der Waals surface area contributed by atoms with Crippen LogP contribution in [0.2, 0.25) is 0 Å². The third-order valence-electron chi connectivity index (χ3n) is 4.75. The molecule has 13 heteroatoms. The van der Waals surface area contributed by atoms with Gasteiger partial charge in [0.2, 0.25) is 10.0 Å². The Balaban J connectivity index is 2.31. The van der Waals surface area contributed by atoms with Crippen molar-refractivity contribution in [3.05, 3.63) is 47.8 Å². The first-order chi connectivity index (χ1) is 15.9. The summed E-state index contributed by atoms with van der Waals surface area (Å²) in [7, 11) is -1.12. The summed E-state index contributed by atoms with van der Waals surface area (Å²) in [5.74, 6) is -2.36. The fourth-order valence-corrected chi connectivity index (χ4v) is 3.52. The highest BCUT2D eigenvalue weighted by molar-refractivity contribution is 7.92. The van der Waals surface area contributed by atoms with Gasteiger partial charge >= 0.3 is 12.1 Å². The normalized spacial score (nSPS) is 11.2. The van der Waals surface area contributed by atoms with Crippen LogP contribution in [0, 0.1) is 5.82 Å². The van der Waals surface area contributed by atoms with Gasteiger partial charge in [0.15, 0.2) is 6.61 Å². The second kappa shape index (κ2) is 9.39. The molecule has 0 atom stereocenters. The van der Waals surface area contributed by atoms with Gasteiger partial charge in [0.25, 0.3) is 5.91 Å². The molecule has 0 aliphatic carbocycles. The quantitative estimate of drug-likeness (QED) is 0.374. The molecule has 0 bridgehead atoms. The molecule has 0 aliphatic rings. The summed E-state index contributed by atoms with van der Waals surface area (Å²) in [4.78, 5) is 35.6. The third-order valence-corrected chi connectivity index (χ3v) is 5.94. The molecule has 3 rings (SSSR count). The third kappa shape index (κ3) is 5.09. The number of amides is 2. The molecule has 0 radical (unpaired) electrons. The molecule has 0 saturated heterocycles. The number of hydrogen-bond acceptors (Lipinski definition) is 8. The zero-order chi connectivity index (χ0) is 25.2. The number of nitrogens with one attached hydrogen (secondary N) is 1. The SMILES string of the molecule is CNC(=O)COc1cc2c(C(=O)OC(N)=O)c(-c3ccc(F)cc3)oc2cc1N(C)S(C)(=O)=O. The van der Waals surface area contributed by atoms with Gasteiger partial charge in [-0.25, -0.2) is 22.4 Å². The van der Waals surface area contributed by atoms with Crippen LogP contribution in [0.3, 0.4) is 0 Å². The fourth-order valence-electron chi connectivity index (χ4n) is 3.02. The monoisotopic (exact) mass is 493 g/mol. The number of fused-ring (bicyclic) bond motifs is 1. The molecule has 2 aromatic carbocycles. The molecule has 1 aromatic heterocycles. The van der Waals surface area contributed by atoms with E-state index in [1.165, 1.54) is 38.4 Å². The van der Waals surface area contributed by atoms with Gasteiger partial charge in [0.05, 0.1) is 11.9 Å². The van der Waals surface area contributed by atoms with Crippen LogP contribution >= 0.6 is 0 Å². The highest BCUT2D eigenvalue weighted by atomic mass is 32.2. The summed E-state index contributed by atoms with van der Waals surface area (Å²) >= 11 is 0. The molecule has 2 amide bonds. The first-order valence-corrected chi connectivity index (χ1v) is 11.4. The number of nitrogens with zero attached hydrogens (tertiary/aromatic N) is 1. The van der Waals surface area contributed by atoms with Gasteiger partial charge in [-0.1, -0.05) is 0 Å². The maximum atomic E-state index is 13.4. The minimum atomic E-state index is -3.77. The van der Waals surface area contributed by atoms with Crippen LogP contribution in [-0.2, 0) is 19.6 Å². The van der Waals surface area contributed by atoms with Crippen molar-refractivity contribution in [2.24, 2.45) is 5.73 Å². The number of rotatable bonds is 7. The van der Waals surface area contributed by atoms with Gasteiger partial charge in [-0.2, -0.15) is 0 Å². The summed E-state index contributed by atoms with van der Waals surface area (Å²) in [6.45, 7) is -0.462. The predicted octanol–water partition coefficient (Wildman–Crippen LogP) is 1.99. The van der Waals surface area contributed by atoms with Gasteiger partial charge in [-0.3, -0.25) is 9.10 Å². The van der Waals surface area contributed by atoms with Crippen molar-refractivity contribution in [2.75, 3.05) is 31.3 Å². The number of nitrogens with two attached hydrogens (primary N) is 1. The van der Waals surface area contributed by atoms with Crippen LogP contribution in [0.15, 0.2) is 40.8 Å². The Morgan fingerprint density at radius 1 is 1.18 bits per heavy atom. The fraction of sp³-hybridized carbons (Fsp3) is 0.190. The lowest BCUT2D eigenvalue weighted by molar-refractivity contribution is -0.122. The number of primary amides is 1. The summed E-state index contributed by atoms with van der Waals surface area (Å²) in [5, 5.41) is 2.43. The van der Waals surface area contributed by atoms with Crippen molar-refractivity contribution >= 4 is 44.6 Å². The number of halogens is 1. The lowest BCUT2D eigenvalue weighted by atomic mass is 10.0. The lowest BCUT2D eigenvalue weighted by Gasteiger charge is -2.20. The molecule has 34 heavy (non-hydrogen) atoms. The Morgan fingerprint density at radius 2 is 1.82 bits per heavy atom. The zero-order valence-electron chi connectivity index (χ0n) is 18.2. The van der Waals surface area contributed by atoms with Crippen molar-refractivity contribution in [1.82, 2.24) is 5.32 Å². The van der Waals surface area contributed by atoms with Crippen LogP contribution in [0.5, 0.6) is 5.75 Å². The van der Waals surface area contributed by atoms with E-state index in [1.54, 1.807) is 0 Å². The van der Waals surface area contributed by atoms with Gasteiger partial charge < -0.3 is 24.9 Å². The first kappa shape index (κ1) is 24.5. The van der Waals surface area contributed by atoms with Crippen LogP contribution in [0.4, 0.5) is 14.9 Å².